The molecular weight excluding hydrogens is 590 g/mol. The zero-order valence-corrected chi connectivity index (χ0v) is 25.6. The standard InChI is InChI=1S/C43H25N3O2/c1-3-10-27(11-4-1)36-25-37(33-16-9-15-32-31-14-7-8-17-38(31)47-40(32)33)45-42(44-36)30-21-19-26-18-20-28-22-23-35-41(39(28)34(26)24-30)48-43(46-35)29-12-5-2-6-13-29/h1-25H. The fourth-order valence-electron chi connectivity index (χ4n) is 6.78. The van der Waals surface area contributed by atoms with Crippen LogP contribution in [0.3, 0.4) is 0 Å². The topological polar surface area (TPSA) is 65.0 Å². The Morgan fingerprint density at radius 1 is 0.417 bits per heavy atom. The molecule has 0 saturated carbocycles. The molecule has 0 unspecified atom stereocenters. The van der Waals surface area contributed by atoms with E-state index >= 15 is 0 Å². The molecule has 3 aromatic heterocycles. The minimum Gasteiger partial charge on any atom is -0.455 e. The molecule has 0 aliphatic heterocycles. The normalized spacial score (nSPS) is 11.8. The zero-order chi connectivity index (χ0) is 31.6. The summed E-state index contributed by atoms with van der Waals surface area (Å²) in [7, 11) is 0. The van der Waals surface area contributed by atoms with Gasteiger partial charge in [-0.3, -0.25) is 0 Å². The van der Waals surface area contributed by atoms with Gasteiger partial charge in [-0.1, -0.05) is 109 Å². The molecule has 0 spiro atoms. The molecule has 0 aliphatic carbocycles. The molecule has 5 nitrogen and oxygen atoms in total. The van der Waals surface area contributed by atoms with Crippen molar-refractivity contribution in [3.8, 4) is 45.4 Å². The Morgan fingerprint density at radius 3 is 2.00 bits per heavy atom. The van der Waals surface area contributed by atoms with Gasteiger partial charge in [0.25, 0.3) is 0 Å². The van der Waals surface area contributed by atoms with Crippen LogP contribution in [0.2, 0.25) is 0 Å². The molecule has 0 saturated heterocycles. The maximum absolute atomic E-state index is 6.49. The molecule has 10 aromatic rings. The first-order chi connectivity index (χ1) is 23.8. The minimum atomic E-state index is 0.606. The molecule has 0 bridgehead atoms. The maximum atomic E-state index is 6.49. The Labute approximate surface area is 274 Å². The van der Waals surface area contributed by atoms with Crippen molar-refractivity contribution in [3.05, 3.63) is 152 Å². The number of para-hydroxylation sites is 2. The third kappa shape index (κ3) is 4.22. The first kappa shape index (κ1) is 26.6. The zero-order valence-electron chi connectivity index (χ0n) is 25.6. The minimum absolute atomic E-state index is 0.606. The van der Waals surface area contributed by atoms with Gasteiger partial charge in [-0.25, -0.2) is 15.0 Å². The van der Waals surface area contributed by atoms with E-state index in [4.69, 9.17) is 23.8 Å². The van der Waals surface area contributed by atoms with E-state index in [1.807, 2.05) is 72.8 Å². The van der Waals surface area contributed by atoms with Crippen molar-refractivity contribution < 1.29 is 8.83 Å². The summed E-state index contributed by atoms with van der Waals surface area (Å²) in [5.74, 6) is 1.24. The highest BCUT2D eigenvalue weighted by molar-refractivity contribution is 6.18. The van der Waals surface area contributed by atoms with Crippen molar-refractivity contribution >= 4 is 54.6 Å². The number of rotatable bonds is 4. The lowest BCUT2D eigenvalue weighted by atomic mass is 9.98. The number of aromatic nitrogens is 3. The Hall–Kier alpha value is -6.59. The van der Waals surface area contributed by atoms with Gasteiger partial charge in [0.05, 0.1) is 11.4 Å². The third-order valence-electron chi connectivity index (χ3n) is 9.11. The summed E-state index contributed by atoms with van der Waals surface area (Å²) < 4.78 is 12.9. The molecule has 3 heterocycles. The number of hydrogen-bond donors (Lipinski definition) is 0. The number of hydrogen-bond acceptors (Lipinski definition) is 5. The molecule has 0 atom stereocenters. The van der Waals surface area contributed by atoms with Gasteiger partial charge in [0.15, 0.2) is 11.4 Å². The second kappa shape index (κ2) is 10.5. The maximum Gasteiger partial charge on any atom is 0.227 e. The molecule has 5 heteroatoms. The SMILES string of the molecule is c1ccc(-c2cc(-c3cccc4c3oc3ccccc34)nc(-c3ccc4ccc5ccc6nc(-c7ccccc7)oc6c5c4c3)n2)cc1. The number of benzene rings is 7. The lowest BCUT2D eigenvalue weighted by molar-refractivity contribution is 0.623. The van der Waals surface area contributed by atoms with E-state index in [0.29, 0.717) is 11.7 Å². The molecule has 7 aromatic carbocycles. The fraction of sp³-hybridized carbons (Fsp3) is 0. The molecule has 48 heavy (non-hydrogen) atoms. The number of nitrogens with zero attached hydrogens (tertiary/aromatic N) is 3. The van der Waals surface area contributed by atoms with E-state index < -0.39 is 0 Å². The summed E-state index contributed by atoms with van der Waals surface area (Å²) in [6, 6.07) is 51.5. The third-order valence-corrected chi connectivity index (χ3v) is 9.11. The smallest absolute Gasteiger partial charge is 0.227 e. The predicted molar refractivity (Wildman–Crippen MR) is 194 cm³/mol. The van der Waals surface area contributed by atoms with Crippen molar-refractivity contribution in [3.63, 3.8) is 0 Å². The molecule has 10 rings (SSSR count). The monoisotopic (exact) mass is 615 g/mol. The van der Waals surface area contributed by atoms with Gasteiger partial charge in [-0.2, -0.15) is 0 Å². The van der Waals surface area contributed by atoms with Gasteiger partial charge in [-0.15, -0.1) is 0 Å². The molecule has 0 fully saturated rings. The van der Waals surface area contributed by atoms with Crippen LogP contribution >= 0.6 is 0 Å². The molecule has 0 radical (unpaired) electrons. The lowest BCUT2D eigenvalue weighted by Crippen LogP contribution is -1.96. The van der Waals surface area contributed by atoms with Gasteiger partial charge in [0.2, 0.25) is 5.89 Å². The molecule has 0 aliphatic rings. The van der Waals surface area contributed by atoms with E-state index in [0.717, 1.165) is 88.2 Å². The largest absolute Gasteiger partial charge is 0.455 e. The van der Waals surface area contributed by atoms with Crippen LogP contribution in [0.1, 0.15) is 0 Å². The Kier molecular flexibility index (Phi) is 5.81. The molecule has 0 N–H and O–H groups in total. The van der Waals surface area contributed by atoms with Gasteiger partial charge in [0.1, 0.15) is 16.7 Å². The molecule has 0 amide bonds. The van der Waals surface area contributed by atoms with Crippen LogP contribution in [0.4, 0.5) is 0 Å². The van der Waals surface area contributed by atoms with E-state index in [-0.39, 0.29) is 0 Å². The molecule has 224 valence electrons. The number of furan rings is 1. The van der Waals surface area contributed by atoms with Crippen LogP contribution in [-0.4, -0.2) is 15.0 Å². The number of fused-ring (bicyclic) bond motifs is 8. The Balaban J connectivity index is 1.21. The highest BCUT2D eigenvalue weighted by Gasteiger charge is 2.18. The van der Waals surface area contributed by atoms with Gasteiger partial charge in [-0.05, 0) is 58.6 Å². The summed E-state index contributed by atoms with van der Waals surface area (Å²) in [6.45, 7) is 0. The van der Waals surface area contributed by atoms with Crippen molar-refractivity contribution in [2.45, 2.75) is 0 Å². The molecular formula is C43H25N3O2. The second-order valence-corrected chi connectivity index (χ2v) is 12.0. The summed E-state index contributed by atoms with van der Waals surface area (Å²) >= 11 is 0. The summed E-state index contributed by atoms with van der Waals surface area (Å²) in [5, 5.41) is 6.41. The van der Waals surface area contributed by atoms with E-state index in [1.54, 1.807) is 0 Å². The van der Waals surface area contributed by atoms with Crippen LogP contribution in [-0.2, 0) is 0 Å². The number of oxazole rings is 1. The van der Waals surface area contributed by atoms with Crippen LogP contribution in [0.15, 0.2) is 160 Å². The van der Waals surface area contributed by atoms with Crippen LogP contribution in [0.25, 0.3) is 99.9 Å². The van der Waals surface area contributed by atoms with Crippen molar-refractivity contribution in [1.29, 1.82) is 0 Å². The van der Waals surface area contributed by atoms with E-state index in [2.05, 4.69) is 78.9 Å². The Bertz CT molecular complexity index is 2840. The summed E-state index contributed by atoms with van der Waals surface area (Å²) in [6.07, 6.45) is 0. The van der Waals surface area contributed by atoms with Crippen molar-refractivity contribution in [2.24, 2.45) is 0 Å². The second-order valence-electron chi connectivity index (χ2n) is 12.0. The first-order valence-corrected chi connectivity index (χ1v) is 15.9. The van der Waals surface area contributed by atoms with E-state index in [9.17, 15) is 0 Å². The predicted octanol–water partition coefficient (Wildman–Crippen LogP) is 11.5. The van der Waals surface area contributed by atoms with Gasteiger partial charge >= 0.3 is 0 Å². The van der Waals surface area contributed by atoms with E-state index in [1.165, 1.54) is 0 Å². The fourth-order valence-corrected chi connectivity index (χ4v) is 6.78. The average molecular weight is 616 g/mol. The average Bonchev–Trinajstić information content (AvgIpc) is 3.77. The Morgan fingerprint density at radius 2 is 1.12 bits per heavy atom. The quantitative estimate of drug-likeness (QED) is 0.184. The van der Waals surface area contributed by atoms with Crippen LogP contribution in [0.5, 0.6) is 0 Å². The van der Waals surface area contributed by atoms with Crippen LogP contribution in [0, 0.1) is 0 Å². The van der Waals surface area contributed by atoms with Crippen LogP contribution < -0.4 is 0 Å². The highest BCUT2D eigenvalue weighted by Crippen LogP contribution is 2.39. The summed E-state index contributed by atoms with van der Waals surface area (Å²) in [5.41, 5.74) is 8.69. The van der Waals surface area contributed by atoms with Gasteiger partial charge < -0.3 is 8.83 Å². The van der Waals surface area contributed by atoms with Crippen molar-refractivity contribution in [1.82, 2.24) is 15.0 Å². The first-order valence-electron chi connectivity index (χ1n) is 15.9. The highest BCUT2D eigenvalue weighted by atomic mass is 16.3. The summed E-state index contributed by atoms with van der Waals surface area (Å²) in [4.78, 5) is 15.2. The van der Waals surface area contributed by atoms with Gasteiger partial charge in [0, 0.05) is 38.4 Å². The lowest BCUT2D eigenvalue weighted by Gasteiger charge is -2.11. The van der Waals surface area contributed by atoms with Crippen molar-refractivity contribution in [2.75, 3.05) is 0 Å².